The average Bonchev–Trinajstić information content (AvgIpc) is 2.31. The normalized spacial score (nSPS) is 11.9. The van der Waals surface area contributed by atoms with Gasteiger partial charge in [0.05, 0.1) is 12.5 Å². The van der Waals surface area contributed by atoms with E-state index in [4.69, 9.17) is 9.84 Å². The number of benzene rings is 1. The largest absolute Gasteiger partial charge is 0.481 e. The number of halogens is 1. The molecule has 1 unspecified atom stereocenters. The molecule has 0 heterocycles. The van der Waals surface area contributed by atoms with Gasteiger partial charge >= 0.3 is 11.9 Å². The van der Waals surface area contributed by atoms with Crippen LogP contribution in [0.15, 0.2) is 24.3 Å². The lowest BCUT2D eigenvalue weighted by Crippen LogP contribution is -2.18. The number of ether oxygens (including phenoxy) is 1. The van der Waals surface area contributed by atoms with Crippen LogP contribution in [0.4, 0.5) is 4.39 Å². The van der Waals surface area contributed by atoms with E-state index in [0.717, 1.165) is 0 Å². The maximum absolute atomic E-state index is 13.6. The smallest absolute Gasteiger partial charge is 0.313 e. The van der Waals surface area contributed by atoms with Crippen LogP contribution < -0.4 is 0 Å². The lowest BCUT2D eigenvalue weighted by molar-refractivity contribution is -0.145. The van der Waals surface area contributed by atoms with E-state index >= 15 is 0 Å². The number of hydrogen-bond donors (Lipinski definition) is 1. The Kier molecular flexibility index (Phi) is 5.30. The predicted octanol–water partition coefficient (Wildman–Crippen LogP) is 2.34. The Morgan fingerprint density at radius 2 is 2.06 bits per heavy atom. The molecule has 0 aliphatic heterocycles. The fourth-order valence-electron chi connectivity index (χ4n) is 1.67. The molecule has 0 aromatic heterocycles. The second kappa shape index (κ2) is 6.74. The quantitative estimate of drug-likeness (QED) is 0.791. The summed E-state index contributed by atoms with van der Waals surface area (Å²) in [6.07, 6.45) is -0.188. The van der Waals surface area contributed by atoms with Crippen LogP contribution in [-0.2, 0) is 14.3 Å². The van der Waals surface area contributed by atoms with Crippen molar-refractivity contribution in [3.05, 3.63) is 35.6 Å². The Morgan fingerprint density at radius 3 is 2.61 bits per heavy atom. The van der Waals surface area contributed by atoms with E-state index in [9.17, 15) is 14.0 Å². The summed E-state index contributed by atoms with van der Waals surface area (Å²) in [7, 11) is 0. The summed E-state index contributed by atoms with van der Waals surface area (Å²) in [5, 5.41) is 8.64. The Balaban J connectivity index is 2.93. The Bertz CT molecular complexity index is 431. The molecule has 0 bridgehead atoms. The van der Waals surface area contributed by atoms with Crippen LogP contribution >= 0.6 is 0 Å². The SMILES string of the molecule is CCOC(=O)C(CCC(=O)O)c1ccccc1F. The Morgan fingerprint density at radius 1 is 1.39 bits per heavy atom. The number of carboxylic acids is 1. The van der Waals surface area contributed by atoms with E-state index in [1.807, 2.05) is 0 Å². The third-order valence-corrected chi connectivity index (χ3v) is 2.50. The van der Waals surface area contributed by atoms with E-state index in [1.165, 1.54) is 18.2 Å². The third kappa shape index (κ3) is 3.84. The second-order valence-electron chi connectivity index (χ2n) is 3.76. The van der Waals surface area contributed by atoms with Crippen molar-refractivity contribution in [2.75, 3.05) is 6.61 Å². The molecule has 0 amide bonds. The highest BCUT2D eigenvalue weighted by Gasteiger charge is 2.25. The molecule has 5 heteroatoms. The number of rotatable bonds is 6. The first-order valence-electron chi connectivity index (χ1n) is 5.69. The van der Waals surface area contributed by atoms with Gasteiger partial charge < -0.3 is 9.84 Å². The molecule has 0 spiro atoms. The van der Waals surface area contributed by atoms with Crippen LogP contribution in [0.25, 0.3) is 0 Å². The molecule has 1 atom stereocenters. The highest BCUT2D eigenvalue weighted by molar-refractivity contribution is 5.79. The molecular formula is C13H15FO4. The molecule has 0 aliphatic rings. The third-order valence-electron chi connectivity index (χ3n) is 2.50. The van der Waals surface area contributed by atoms with Crippen molar-refractivity contribution in [3.8, 4) is 0 Å². The number of carbonyl (C=O) groups is 2. The van der Waals surface area contributed by atoms with Gasteiger partial charge in [0, 0.05) is 12.0 Å². The summed E-state index contributed by atoms with van der Waals surface area (Å²) in [4.78, 5) is 22.3. The van der Waals surface area contributed by atoms with E-state index in [2.05, 4.69) is 0 Å². The van der Waals surface area contributed by atoms with Gasteiger partial charge in [-0.3, -0.25) is 9.59 Å². The summed E-state index contributed by atoms with van der Waals surface area (Å²) in [5.74, 6) is -3.02. The van der Waals surface area contributed by atoms with Crippen molar-refractivity contribution in [2.24, 2.45) is 0 Å². The number of aliphatic carboxylic acids is 1. The first-order chi connectivity index (χ1) is 8.56. The van der Waals surface area contributed by atoms with E-state index in [0.29, 0.717) is 0 Å². The summed E-state index contributed by atoms with van der Waals surface area (Å²) >= 11 is 0. The molecule has 0 fully saturated rings. The zero-order chi connectivity index (χ0) is 13.5. The topological polar surface area (TPSA) is 63.6 Å². The Labute approximate surface area is 104 Å². The van der Waals surface area contributed by atoms with E-state index in [1.54, 1.807) is 13.0 Å². The fraction of sp³-hybridized carbons (Fsp3) is 0.385. The van der Waals surface area contributed by atoms with Gasteiger partial charge in [0.1, 0.15) is 5.82 Å². The molecule has 4 nitrogen and oxygen atoms in total. The van der Waals surface area contributed by atoms with Gasteiger partial charge in [-0.05, 0) is 19.4 Å². The maximum Gasteiger partial charge on any atom is 0.313 e. The second-order valence-corrected chi connectivity index (χ2v) is 3.76. The first-order valence-corrected chi connectivity index (χ1v) is 5.69. The van der Waals surface area contributed by atoms with Crippen LogP contribution in [0, 0.1) is 5.82 Å². The van der Waals surface area contributed by atoms with Crippen LogP contribution in [0.5, 0.6) is 0 Å². The molecule has 0 aliphatic carbocycles. The molecule has 1 rings (SSSR count). The van der Waals surface area contributed by atoms with Crippen molar-refractivity contribution in [3.63, 3.8) is 0 Å². The Hall–Kier alpha value is -1.91. The molecule has 1 N–H and O–H groups in total. The monoisotopic (exact) mass is 254 g/mol. The molecule has 0 saturated carbocycles. The molecule has 0 saturated heterocycles. The minimum atomic E-state index is -1.03. The van der Waals surface area contributed by atoms with Crippen molar-refractivity contribution < 1.29 is 23.8 Å². The van der Waals surface area contributed by atoms with Crippen molar-refractivity contribution >= 4 is 11.9 Å². The van der Waals surface area contributed by atoms with E-state index < -0.39 is 23.7 Å². The highest BCUT2D eigenvalue weighted by atomic mass is 19.1. The van der Waals surface area contributed by atoms with Gasteiger partial charge in [0.15, 0.2) is 0 Å². The first kappa shape index (κ1) is 14.2. The van der Waals surface area contributed by atoms with Gasteiger partial charge in [-0.2, -0.15) is 0 Å². The number of esters is 1. The molecule has 1 aromatic rings. The summed E-state index contributed by atoms with van der Waals surface area (Å²) in [6.45, 7) is 1.82. The van der Waals surface area contributed by atoms with E-state index in [-0.39, 0.29) is 25.0 Å². The number of carboxylic acid groups (broad SMARTS) is 1. The zero-order valence-corrected chi connectivity index (χ0v) is 10.1. The summed E-state index contributed by atoms with van der Waals surface area (Å²) < 4.78 is 18.5. The fourth-order valence-corrected chi connectivity index (χ4v) is 1.67. The van der Waals surface area contributed by atoms with Crippen molar-refractivity contribution in [1.29, 1.82) is 0 Å². The summed E-state index contributed by atoms with van der Waals surface area (Å²) in [6, 6.07) is 5.82. The predicted molar refractivity (Wildman–Crippen MR) is 62.6 cm³/mol. The van der Waals surface area contributed by atoms with Gasteiger partial charge in [0.2, 0.25) is 0 Å². The molecular weight excluding hydrogens is 239 g/mol. The van der Waals surface area contributed by atoms with Gasteiger partial charge in [0.25, 0.3) is 0 Å². The average molecular weight is 254 g/mol. The highest BCUT2D eigenvalue weighted by Crippen LogP contribution is 2.25. The molecule has 98 valence electrons. The lowest BCUT2D eigenvalue weighted by atomic mass is 9.94. The van der Waals surface area contributed by atoms with Gasteiger partial charge in [-0.15, -0.1) is 0 Å². The van der Waals surface area contributed by atoms with Crippen molar-refractivity contribution in [1.82, 2.24) is 0 Å². The molecule has 18 heavy (non-hydrogen) atoms. The molecule has 1 aromatic carbocycles. The van der Waals surface area contributed by atoms with Gasteiger partial charge in [-0.1, -0.05) is 18.2 Å². The summed E-state index contributed by atoms with van der Waals surface area (Å²) in [5.41, 5.74) is 0.178. The van der Waals surface area contributed by atoms with Crippen LogP contribution in [0.1, 0.15) is 31.2 Å². The zero-order valence-electron chi connectivity index (χ0n) is 10.1. The van der Waals surface area contributed by atoms with Crippen LogP contribution in [-0.4, -0.2) is 23.7 Å². The number of hydrogen-bond acceptors (Lipinski definition) is 3. The lowest BCUT2D eigenvalue weighted by Gasteiger charge is -2.15. The van der Waals surface area contributed by atoms with Crippen molar-refractivity contribution in [2.45, 2.75) is 25.7 Å². The standard InChI is InChI=1S/C13H15FO4/c1-2-18-13(17)10(7-8-12(15)16)9-5-3-4-6-11(9)14/h3-6,10H,2,7-8H2,1H3,(H,15,16). The van der Waals surface area contributed by atoms with Gasteiger partial charge in [-0.25, -0.2) is 4.39 Å². The van der Waals surface area contributed by atoms with Crippen LogP contribution in [0.3, 0.4) is 0 Å². The minimum absolute atomic E-state index is 0.0229. The number of carbonyl (C=O) groups excluding carboxylic acids is 1. The molecule has 0 radical (unpaired) electrons. The van der Waals surface area contributed by atoms with Crippen LogP contribution in [0.2, 0.25) is 0 Å². The minimum Gasteiger partial charge on any atom is -0.481 e. The maximum atomic E-state index is 13.6.